The molecule has 2 aromatic carbocycles. The van der Waals surface area contributed by atoms with Crippen molar-refractivity contribution in [2.75, 3.05) is 14.2 Å². The van der Waals surface area contributed by atoms with Crippen LogP contribution in [0.25, 0.3) is 0 Å². The lowest BCUT2D eigenvalue weighted by molar-refractivity contribution is -0.150. The zero-order valence-corrected chi connectivity index (χ0v) is 13.2. The Morgan fingerprint density at radius 2 is 1.74 bits per heavy atom. The molecule has 5 nitrogen and oxygen atoms in total. The van der Waals surface area contributed by atoms with Crippen LogP contribution in [0.15, 0.2) is 48.5 Å². The van der Waals surface area contributed by atoms with Crippen molar-refractivity contribution in [3.05, 3.63) is 59.7 Å². The SMILES string of the molecule is COc1ccc([C@H]2[C@@H](N)C(=O)N2Cc2ccccc2)cc1OC. The Morgan fingerprint density at radius 1 is 1.04 bits per heavy atom. The van der Waals surface area contributed by atoms with Crippen LogP contribution in [-0.4, -0.2) is 31.1 Å². The van der Waals surface area contributed by atoms with Crippen LogP contribution in [0.5, 0.6) is 11.5 Å². The molecule has 1 saturated heterocycles. The first-order valence-electron chi connectivity index (χ1n) is 7.47. The van der Waals surface area contributed by atoms with E-state index in [1.54, 1.807) is 19.1 Å². The summed E-state index contributed by atoms with van der Waals surface area (Å²) in [5, 5.41) is 0. The Balaban J connectivity index is 1.87. The highest BCUT2D eigenvalue weighted by atomic mass is 16.5. The van der Waals surface area contributed by atoms with Crippen molar-refractivity contribution in [3.8, 4) is 11.5 Å². The number of hydrogen-bond acceptors (Lipinski definition) is 4. The fourth-order valence-corrected chi connectivity index (χ4v) is 2.96. The molecular formula is C18H20N2O3. The van der Waals surface area contributed by atoms with Crippen LogP contribution in [0, 0.1) is 0 Å². The number of nitrogens with two attached hydrogens (primary N) is 1. The van der Waals surface area contributed by atoms with E-state index in [1.165, 1.54) is 0 Å². The summed E-state index contributed by atoms with van der Waals surface area (Å²) >= 11 is 0. The van der Waals surface area contributed by atoms with Crippen molar-refractivity contribution in [2.24, 2.45) is 5.73 Å². The number of carbonyl (C=O) groups is 1. The lowest BCUT2D eigenvalue weighted by atomic mass is 9.88. The Kier molecular flexibility index (Phi) is 4.21. The largest absolute Gasteiger partial charge is 0.493 e. The number of amides is 1. The van der Waals surface area contributed by atoms with Crippen molar-refractivity contribution in [2.45, 2.75) is 18.6 Å². The highest BCUT2D eigenvalue weighted by Gasteiger charge is 2.45. The third kappa shape index (κ3) is 2.75. The van der Waals surface area contributed by atoms with Crippen LogP contribution >= 0.6 is 0 Å². The van der Waals surface area contributed by atoms with Gasteiger partial charge in [-0.25, -0.2) is 0 Å². The standard InChI is InChI=1S/C18H20N2O3/c1-22-14-9-8-13(10-15(14)23-2)17-16(19)18(21)20(17)11-12-6-4-3-5-7-12/h3-10,16-17H,11,19H2,1-2H3/t16-,17+/m1/s1. The molecule has 5 heteroatoms. The third-order valence-corrected chi connectivity index (χ3v) is 4.19. The van der Waals surface area contributed by atoms with E-state index in [-0.39, 0.29) is 11.9 Å². The number of hydrogen-bond donors (Lipinski definition) is 1. The maximum atomic E-state index is 12.2. The molecule has 0 unspecified atom stereocenters. The minimum atomic E-state index is -0.517. The van der Waals surface area contributed by atoms with Crippen molar-refractivity contribution < 1.29 is 14.3 Å². The molecule has 1 heterocycles. The van der Waals surface area contributed by atoms with E-state index in [0.29, 0.717) is 18.0 Å². The van der Waals surface area contributed by atoms with Crippen LogP contribution < -0.4 is 15.2 Å². The Bertz CT molecular complexity index is 703. The molecule has 2 atom stereocenters. The molecule has 2 aromatic rings. The van der Waals surface area contributed by atoms with Gasteiger partial charge in [-0.2, -0.15) is 0 Å². The van der Waals surface area contributed by atoms with Gasteiger partial charge in [-0.15, -0.1) is 0 Å². The Morgan fingerprint density at radius 3 is 2.39 bits per heavy atom. The number of β-lactam (4-membered cyclic amide) rings is 1. The summed E-state index contributed by atoms with van der Waals surface area (Å²) in [6.07, 6.45) is 0. The number of nitrogens with zero attached hydrogens (tertiary/aromatic N) is 1. The minimum Gasteiger partial charge on any atom is -0.493 e. The van der Waals surface area contributed by atoms with E-state index in [9.17, 15) is 4.79 Å². The van der Waals surface area contributed by atoms with Gasteiger partial charge in [-0.1, -0.05) is 36.4 Å². The van der Waals surface area contributed by atoms with Crippen LogP contribution in [0.2, 0.25) is 0 Å². The molecule has 23 heavy (non-hydrogen) atoms. The molecule has 0 aromatic heterocycles. The maximum absolute atomic E-state index is 12.2. The summed E-state index contributed by atoms with van der Waals surface area (Å²) in [7, 11) is 3.19. The van der Waals surface area contributed by atoms with Crippen molar-refractivity contribution in [1.82, 2.24) is 4.90 Å². The number of methoxy groups -OCH3 is 2. The summed E-state index contributed by atoms with van der Waals surface area (Å²) in [6.45, 7) is 0.548. The topological polar surface area (TPSA) is 64.8 Å². The number of likely N-dealkylation sites (tertiary alicyclic amines) is 1. The summed E-state index contributed by atoms with van der Waals surface area (Å²) in [5.74, 6) is 1.26. The highest BCUT2D eigenvalue weighted by molar-refractivity contribution is 5.89. The second-order valence-electron chi connectivity index (χ2n) is 5.54. The van der Waals surface area contributed by atoms with E-state index < -0.39 is 6.04 Å². The van der Waals surface area contributed by atoms with E-state index in [4.69, 9.17) is 15.2 Å². The summed E-state index contributed by atoms with van der Waals surface area (Å²) < 4.78 is 10.6. The van der Waals surface area contributed by atoms with Crippen molar-refractivity contribution >= 4 is 5.91 Å². The normalized spacial score (nSPS) is 20.1. The van der Waals surface area contributed by atoms with Gasteiger partial charge in [0.05, 0.1) is 20.3 Å². The molecule has 1 aliphatic rings. The van der Waals surface area contributed by atoms with Gasteiger partial charge in [0.25, 0.3) is 0 Å². The molecule has 3 rings (SSSR count). The van der Waals surface area contributed by atoms with Gasteiger partial charge in [0.2, 0.25) is 5.91 Å². The van der Waals surface area contributed by atoms with Gasteiger partial charge < -0.3 is 20.1 Å². The fraction of sp³-hybridized carbons (Fsp3) is 0.278. The first-order valence-corrected chi connectivity index (χ1v) is 7.47. The predicted octanol–water partition coefficient (Wildman–Crippen LogP) is 2.11. The van der Waals surface area contributed by atoms with Gasteiger partial charge in [0.15, 0.2) is 11.5 Å². The number of benzene rings is 2. The molecule has 0 aliphatic carbocycles. The van der Waals surface area contributed by atoms with E-state index >= 15 is 0 Å². The van der Waals surface area contributed by atoms with Crippen molar-refractivity contribution in [3.63, 3.8) is 0 Å². The summed E-state index contributed by atoms with van der Waals surface area (Å²) in [6, 6.07) is 14.9. The van der Waals surface area contributed by atoms with Crippen LogP contribution in [0.1, 0.15) is 17.2 Å². The minimum absolute atomic E-state index is 0.0337. The molecule has 2 N–H and O–H groups in total. The average Bonchev–Trinajstić information content (AvgIpc) is 2.61. The monoisotopic (exact) mass is 312 g/mol. The number of rotatable bonds is 5. The molecule has 0 saturated carbocycles. The zero-order chi connectivity index (χ0) is 16.4. The number of ether oxygens (including phenoxy) is 2. The van der Waals surface area contributed by atoms with Crippen LogP contribution in [0.4, 0.5) is 0 Å². The zero-order valence-electron chi connectivity index (χ0n) is 13.2. The van der Waals surface area contributed by atoms with Gasteiger partial charge in [0, 0.05) is 6.54 Å². The lowest BCUT2D eigenvalue weighted by Crippen LogP contribution is -2.62. The lowest BCUT2D eigenvalue weighted by Gasteiger charge is -2.46. The third-order valence-electron chi connectivity index (χ3n) is 4.19. The second kappa shape index (κ2) is 6.30. The van der Waals surface area contributed by atoms with Crippen molar-refractivity contribution in [1.29, 1.82) is 0 Å². The van der Waals surface area contributed by atoms with E-state index in [1.807, 2.05) is 48.5 Å². The Hall–Kier alpha value is -2.53. The van der Waals surface area contributed by atoms with E-state index in [2.05, 4.69) is 0 Å². The molecule has 1 aliphatic heterocycles. The van der Waals surface area contributed by atoms with E-state index in [0.717, 1.165) is 11.1 Å². The first-order chi connectivity index (χ1) is 11.2. The summed E-state index contributed by atoms with van der Waals surface area (Å²) in [5.41, 5.74) is 8.07. The van der Waals surface area contributed by atoms with Gasteiger partial charge in [-0.3, -0.25) is 4.79 Å². The van der Waals surface area contributed by atoms with Gasteiger partial charge in [0.1, 0.15) is 6.04 Å². The predicted molar refractivity (Wildman–Crippen MR) is 87.3 cm³/mol. The van der Waals surface area contributed by atoms with Crippen LogP contribution in [0.3, 0.4) is 0 Å². The first kappa shape index (κ1) is 15.4. The van der Waals surface area contributed by atoms with Crippen LogP contribution in [-0.2, 0) is 11.3 Å². The second-order valence-corrected chi connectivity index (χ2v) is 5.54. The molecule has 0 spiro atoms. The number of carbonyl (C=O) groups excluding carboxylic acids is 1. The molecule has 120 valence electrons. The average molecular weight is 312 g/mol. The molecular weight excluding hydrogens is 292 g/mol. The maximum Gasteiger partial charge on any atom is 0.242 e. The molecule has 1 fully saturated rings. The fourth-order valence-electron chi connectivity index (χ4n) is 2.96. The highest BCUT2D eigenvalue weighted by Crippen LogP contribution is 2.38. The quantitative estimate of drug-likeness (QED) is 0.859. The molecule has 0 radical (unpaired) electrons. The smallest absolute Gasteiger partial charge is 0.242 e. The summed E-state index contributed by atoms with van der Waals surface area (Å²) in [4.78, 5) is 14.0. The molecule has 0 bridgehead atoms. The Labute approximate surface area is 135 Å². The van der Waals surface area contributed by atoms with Gasteiger partial charge >= 0.3 is 0 Å². The molecule has 1 amide bonds. The van der Waals surface area contributed by atoms with Gasteiger partial charge in [-0.05, 0) is 23.3 Å².